The lowest BCUT2D eigenvalue weighted by atomic mass is 10.0. The summed E-state index contributed by atoms with van der Waals surface area (Å²) in [7, 11) is 0. The average Bonchev–Trinajstić information content (AvgIpc) is 2.88. The average molecular weight is 240 g/mol. The summed E-state index contributed by atoms with van der Waals surface area (Å²) >= 11 is 0. The first kappa shape index (κ1) is 12.8. The number of nitrogens with zero attached hydrogens (tertiary/aromatic N) is 1. The molecule has 2 heterocycles. The Morgan fingerprint density at radius 1 is 1.47 bits per heavy atom. The Bertz CT molecular complexity index is 264. The van der Waals surface area contributed by atoms with Gasteiger partial charge in [-0.3, -0.25) is 10.1 Å². The molecule has 3 atom stereocenters. The van der Waals surface area contributed by atoms with Gasteiger partial charge in [0.2, 0.25) is 5.91 Å². The van der Waals surface area contributed by atoms with Gasteiger partial charge in [-0.05, 0) is 32.1 Å². The topological polar surface area (TPSA) is 41.6 Å². The van der Waals surface area contributed by atoms with Crippen LogP contribution in [0.2, 0.25) is 0 Å². The number of carbonyl (C=O) groups is 1. The molecule has 98 valence electrons. The third-order valence-corrected chi connectivity index (χ3v) is 3.87. The number of nitrogens with one attached hydrogen (secondary N) is 1. The molecule has 1 N–H and O–H groups in total. The van der Waals surface area contributed by atoms with Crippen LogP contribution in [0.4, 0.5) is 0 Å². The maximum Gasteiger partial charge on any atom is 0.241 e. The van der Waals surface area contributed by atoms with Crippen LogP contribution in [0, 0.1) is 5.92 Å². The van der Waals surface area contributed by atoms with Gasteiger partial charge in [0.25, 0.3) is 0 Å². The summed E-state index contributed by atoms with van der Waals surface area (Å²) in [6, 6.07) is 0.0508. The highest BCUT2D eigenvalue weighted by Crippen LogP contribution is 2.20. The Balaban J connectivity index is 1.81. The van der Waals surface area contributed by atoms with Crippen LogP contribution in [-0.2, 0) is 9.53 Å². The van der Waals surface area contributed by atoms with Crippen molar-refractivity contribution in [2.24, 2.45) is 5.92 Å². The molecule has 0 aliphatic carbocycles. The molecule has 0 radical (unpaired) electrons. The lowest BCUT2D eigenvalue weighted by Crippen LogP contribution is -2.36. The smallest absolute Gasteiger partial charge is 0.241 e. The Morgan fingerprint density at radius 3 is 2.94 bits per heavy atom. The standard InChI is InChI=1S/C13H24N2O2/c1-3-4-12-13(16)15(10(2)14-12)7-5-11-6-8-17-9-11/h10-12,14H,3-9H2,1-2H3. The van der Waals surface area contributed by atoms with Gasteiger partial charge < -0.3 is 9.64 Å². The van der Waals surface area contributed by atoms with Crippen molar-refractivity contribution in [1.82, 2.24) is 10.2 Å². The largest absolute Gasteiger partial charge is 0.381 e. The van der Waals surface area contributed by atoms with Gasteiger partial charge in [0, 0.05) is 19.8 Å². The Kier molecular flexibility index (Phi) is 4.40. The van der Waals surface area contributed by atoms with Crippen molar-refractivity contribution in [3.8, 4) is 0 Å². The molecule has 2 fully saturated rings. The minimum absolute atomic E-state index is 0.0508. The minimum atomic E-state index is 0.0508. The van der Waals surface area contributed by atoms with Crippen molar-refractivity contribution in [3.63, 3.8) is 0 Å². The second kappa shape index (κ2) is 5.83. The van der Waals surface area contributed by atoms with Gasteiger partial charge in [-0.25, -0.2) is 0 Å². The van der Waals surface area contributed by atoms with Crippen LogP contribution in [0.25, 0.3) is 0 Å². The molecule has 2 aliphatic rings. The number of hydrogen-bond acceptors (Lipinski definition) is 3. The van der Waals surface area contributed by atoms with E-state index in [2.05, 4.69) is 19.2 Å². The van der Waals surface area contributed by atoms with Crippen LogP contribution in [0.5, 0.6) is 0 Å². The molecule has 4 heteroatoms. The third-order valence-electron chi connectivity index (χ3n) is 3.87. The van der Waals surface area contributed by atoms with Crippen LogP contribution in [0.1, 0.15) is 39.5 Å². The molecular weight excluding hydrogens is 216 g/mol. The minimum Gasteiger partial charge on any atom is -0.381 e. The summed E-state index contributed by atoms with van der Waals surface area (Å²) in [4.78, 5) is 14.1. The van der Waals surface area contributed by atoms with Crippen molar-refractivity contribution in [2.45, 2.75) is 51.7 Å². The predicted octanol–water partition coefficient (Wildman–Crippen LogP) is 1.36. The quantitative estimate of drug-likeness (QED) is 0.789. The van der Waals surface area contributed by atoms with E-state index >= 15 is 0 Å². The van der Waals surface area contributed by atoms with Crippen molar-refractivity contribution in [1.29, 1.82) is 0 Å². The second-order valence-corrected chi connectivity index (χ2v) is 5.23. The second-order valence-electron chi connectivity index (χ2n) is 5.23. The molecule has 3 unspecified atom stereocenters. The summed E-state index contributed by atoms with van der Waals surface area (Å²) in [5.41, 5.74) is 0. The first-order valence-corrected chi connectivity index (χ1v) is 6.86. The number of hydrogen-bond donors (Lipinski definition) is 1. The van der Waals surface area contributed by atoms with Crippen LogP contribution in [-0.4, -0.2) is 42.8 Å². The lowest BCUT2D eigenvalue weighted by molar-refractivity contribution is -0.130. The summed E-state index contributed by atoms with van der Waals surface area (Å²) in [6.07, 6.45) is 4.44. The van der Waals surface area contributed by atoms with Crippen LogP contribution < -0.4 is 5.32 Å². The van der Waals surface area contributed by atoms with Gasteiger partial charge >= 0.3 is 0 Å². The monoisotopic (exact) mass is 240 g/mol. The number of carbonyl (C=O) groups excluding carboxylic acids is 1. The van der Waals surface area contributed by atoms with E-state index in [1.165, 1.54) is 0 Å². The van der Waals surface area contributed by atoms with Gasteiger partial charge in [0.05, 0.1) is 12.2 Å². The number of rotatable bonds is 5. The number of ether oxygens (including phenoxy) is 1. The lowest BCUT2D eigenvalue weighted by Gasteiger charge is -2.22. The third kappa shape index (κ3) is 2.99. The fraction of sp³-hybridized carbons (Fsp3) is 0.923. The molecule has 0 aromatic heterocycles. The summed E-state index contributed by atoms with van der Waals surface area (Å²) in [6.45, 7) is 6.85. The highest BCUT2D eigenvalue weighted by atomic mass is 16.5. The zero-order valence-corrected chi connectivity index (χ0v) is 10.9. The first-order chi connectivity index (χ1) is 8.22. The first-order valence-electron chi connectivity index (χ1n) is 6.86. The van der Waals surface area contributed by atoms with Gasteiger partial charge in [-0.1, -0.05) is 13.3 Å². The molecule has 0 spiro atoms. The Morgan fingerprint density at radius 2 is 2.29 bits per heavy atom. The van der Waals surface area contributed by atoms with E-state index in [0.29, 0.717) is 11.8 Å². The molecule has 0 bridgehead atoms. The fourth-order valence-corrected chi connectivity index (χ4v) is 2.78. The van der Waals surface area contributed by atoms with Crippen LogP contribution in [0.3, 0.4) is 0 Å². The highest BCUT2D eigenvalue weighted by molar-refractivity contribution is 5.84. The van der Waals surface area contributed by atoms with Crippen molar-refractivity contribution in [2.75, 3.05) is 19.8 Å². The predicted molar refractivity (Wildman–Crippen MR) is 66.5 cm³/mol. The van der Waals surface area contributed by atoms with E-state index in [1.807, 2.05) is 4.90 Å². The molecule has 0 saturated carbocycles. The molecule has 17 heavy (non-hydrogen) atoms. The number of amides is 1. The maximum absolute atomic E-state index is 12.1. The summed E-state index contributed by atoms with van der Waals surface area (Å²) in [5, 5.41) is 3.38. The zero-order valence-electron chi connectivity index (χ0n) is 10.9. The van der Waals surface area contributed by atoms with Crippen LogP contribution >= 0.6 is 0 Å². The molecule has 2 saturated heterocycles. The van der Waals surface area contributed by atoms with Crippen molar-refractivity contribution in [3.05, 3.63) is 0 Å². The van der Waals surface area contributed by atoms with Gasteiger partial charge in [-0.15, -0.1) is 0 Å². The molecule has 0 aromatic carbocycles. The van der Waals surface area contributed by atoms with Gasteiger partial charge in [0.15, 0.2) is 0 Å². The summed E-state index contributed by atoms with van der Waals surface area (Å²) in [5.74, 6) is 0.943. The van der Waals surface area contributed by atoms with Crippen molar-refractivity contribution >= 4 is 5.91 Å². The van der Waals surface area contributed by atoms with Crippen molar-refractivity contribution < 1.29 is 9.53 Å². The molecule has 2 rings (SSSR count). The van der Waals surface area contributed by atoms with Gasteiger partial charge in [0.1, 0.15) is 0 Å². The van der Waals surface area contributed by atoms with E-state index in [0.717, 1.165) is 45.4 Å². The summed E-state index contributed by atoms with van der Waals surface area (Å²) < 4.78 is 5.37. The van der Waals surface area contributed by atoms with E-state index < -0.39 is 0 Å². The van der Waals surface area contributed by atoms with Gasteiger partial charge in [-0.2, -0.15) is 0 Å². The molecule has 1 amide bonds. The normalized spacial score (nSPS) is 33.6. The Labute approximate surface area is 104 Å². The van der Waals surface area contributed by atoms with E-state index in [9.17, 15) is 4.79 Å². The molecular formula is C13H24N2O2. The van der Waals surface area contributed by atoms with E-state index in [4.69, 9.17) is 4.74 Å². The maximum atomic E-state index is 12.1. The van der Waals surface area contributed by atoms with Crippen LogP contribution in [0.15, 0.2) is 0 Å². The zero-order chi connectivity index (χ0) is 12.3. The molecule has 4 nitrogen and oxygen atoms in total. The fourth-order valence-electron chi connectivity index (χ4n) is 2.78. The molecule has 0 aromatic rings. The Hall–Kier alpha value is -0.610. The van der Waals surface area contributed by atoms with E-state index in [1.54, 1.807) is 0 Å². The van der Waals surface area contributed by atoms with E-state index in [-0.39, 0.29) is 12.2 Å². The molecule has 2 aliphatic heterocycles. The SMILES string of the molecule is CCCC1NC(C)N(CCC2CCOC2)C1=O. The highest BCUT2D eigenvalue weighted by Gasteiger charge is 2.35.